The number of thiophene rings is 1. The maximum atomic E-state index is 13.4. The van der Waals surface area contributed by atoms with Crippen LogP contribution in [0.25, 0.3) is 10.4 Å². The predicted molar refractivity (Wildman–Crippen MR) is 129 cm³/mol. The molecule has 4 aromatic rings. The number of benzene rings is 1. The molecule has 1 atom stereocenters. The zero-order valence-electron chi connectivity index (χ0n) is 17.9. The number of nitrogens with zero attached hydrogens (tertiary/aromatic N) is 3. The fourth-order valence-electron chi connectivity index (χ4n) is 4.07. The highest BCUT2D eigenvalue weighted by Gasteiger charge is 2.23. The molecule has 1 aliphatic rings. The SMILES string of the molecule is Cc1ncc(-c2cccs2)cc1C(=O)c1cccc(N2CCNC(c3ccccc3)C2)n1. The molecule has 1 saturated heterocycles. The molecule has 3 aromatic heterocycles. The Morgan fingerprint density at radius 3 is 2.78 bits per heavy atom. The third-order valence-corrected chi connectivity index (χ3v) is 6.72. The van der Waals surface area contributed by atoms with Gasteiger partial charge in [0.25, 0.3) is 0 Å². The topological polar surface area (TPSA) is 58.1 Å². The van der Waals surface area contributed by atoms with E-state index in [2.05, 4.69) is 39.5 Å². The molecule has 0 bridgehead atoms. The summed E-state index contributed by atoms with van der Waals surface area (Å²) in [5.74, 6) is 0.739. The van der Waals surface area contributed by atoms with Crippen LogP contribution in [0.1, 0.15) is 33.4 Å². The Balaban J connectivity index is 1.41. The number of piperazine rings is 1. The number of anilines is 1. The van der Waals surface area contributed by atoms with E-state index in [0.717, 1.165) is 35.9 Å². The van der Waals surface area contributed by atoms with Crippen LogP contribution in [0.15, 0.2) is 78.3 Å². The molecule has 0 aliphatic carbocycles. The van der Waals surface area contributed by atoms with Crippen molar-refractivity contribution in [2.45, 2.75) is 13.0 Å². The van der Waals surface area contributed by atoms with Gasteiger partial charge < -0.3 is 10.2 Å². The van der Waals surface area contributed by atoms with Gasteiger partial charge in [0.2, 0.25) is 5.78 Å². The summed E-state index contributed by atoms with van der Waals surface area (Å²) in [5.41, 5.74) is 3.98. The zero-order chi connectivity index (χ0) is 21.9. The van der Waals surface area contributed by atoms with Crippen LogP contribution < -0.4 is 10.2 Å². The number of hydrogen-bond donors (Lipinski definition) is 1. The Morgan fingerprint density at radius 2 is 1.97 bits per heavy atom. The van der Waals surface area contributed by atoms with E-state index < -0.39 is 0 Å². The van der Waals surface area contributed by atoms with Gasteiger partial charge in [-0.1, -0.05) is 42.5 Å². The van der Waals surface area contributed by atoms with Crippen molar-refractivity contribution in [1.29, 1.82) is 0 Å². The van der Waals surface area contributed by atoms with Crippen molar-refractivity contribution in [3.63, 3.8) is 0 Å². The standard InChI is InChI=1S/C26H24N4OS/c1-18-21(15-20(16-28-18)24-10-6-14-32-24)26(31)22-9-5-11-25(29-22)30-13-12-27-23(17-30)19-7-3-2-4-8-19/h2-11,14-16,23,27H,12-13,17H2,1H3. The lowest BCUT2D eigenvalue weighted by Gasteiger charge is -2.35. The van der Waals surface area contributed by atoms with E-state index in [4.69, 9.17) is 4.98 Å². The molecule has 4 heterocycles. The van der Waals surface area contributed by atoms with Gasteiger partial charge in [0.15, 0.2) is 0 Å². The Morgan fingerprint density at radius 1 is 1.09 bits per heavy atom. The normalized spacial score (nSPS) is 16.2. The molecule has 1 aromatic carbocycles. The highest BCUT2D eigenvalue weighted by Crippen LogP contribution is 2.27. The van der Waals surface area contributed by atoms with Crippen molar-refractivity contribution in [3.05, 3.63) is 101 Å². The van der Waals surface area contributed by atoms with E-state index in [-0.39, 0.29) is 11.8 Å². The maximum absolute atomic E-state index is 13.4. The van der Waals surface area contributed by atoms with Gasteiger partial charge >= 0.3 is 0 Å². The lowest BCUT2D eigenvalue weighted by Crippen LogP contribution is -2.46. The van der Waals surface area contributed by atoms with Crippen LogP contribution in [-0.4, -0.2) is 35.4 Å². The monoisotopic (exact) mass is 440 g/mol. The Kier molecular flexibility index (Phi) is 5.79. The van der Waals surface area contributed by atoms with Gasteiger partial charge in [-0.25, -0.2) is 4.98 Å². The van der Waals surface area contributed by atoms with Crippen LogP contribution in [0.5, 0.6) is 0 Å². The first-order valence-electron chi connectivity index (χ1n) is 10.7. The van der Waals surface area contributed by atoms with Gasteiger partial charge in [-0.2, -0.15) is 0 Å². The van der Waals surface area contributed by atoms with E-state index in [1.807, 2.05) is 54.9 Å². The quantitative estimate of drug-likeness (QED) is 0.448. The van der Waals surface area contributed by atoms with Gasteiger partial charge in [0.05, 0.1) is 0 Å². The first kappa shape index (κ1) is 20.5. The largest absolute Gasteiger partial charge is 0.353 e. The maximum Gasteiger partial charge on any atom is 0.213 e. The number of carbonyl (C=O) groups is 1. The van der Waals surface area contributed by atoms with E-state index in [9.17, 15) is 4.79 Å². The third-order valence-electron chi connectivity index (χ3n) is 5.81. The molecule has 1 unspecified atom stereocenters. The fourth-order valence-corrected chi connectivity index (χ4v) is 4.78. The summed E-state index contributed by atoms with van der Waals surface area (Å²) in [6.45, 7) is 4.40. The van der Waals surface area contributed by atoms with Crippen LogP contribution in [0.2, 0.25) is 0 Å². The fraction of sp³-hybridized carbons (Fsp3) is 0.192. The minimum atomic E-state index is -0.0926. The third kappa shape index (κ3) is 4.20. The lowest BCUT2D eigenvalue weighted by molar-refractivity contribution is 0.103. The second-order valence-electron chi connectivity index (χ2n) is 7.91. The smallest absolute Gasteiger partial charge is 0.213 e. The zero-order valence-corrected chi connectivity index (χ0v) is 18.7. The summed E-state index contributed by atoms with van der Waals surface area (Å²) in [7, 11) is 0. The van der Waals surface area contributed by atoms with Gasteiger partial charge in [0.1, 0.15) is 11.5 Å². The summed E-state index contributed by atoms with van der Waals surface area (Å²) < 4.78 is 0. The summed E-state index contributed by atoms with van der Waals surface area (Å²) in [4.78, 5) is 26.0. The van der Waals surface area contributed by atoms with Crippen molar-refractivity contribution < 1.29 is 4.79 Å². The molecule has 5 rings (SSSR count). The summed E-state index contributed by atoms with van der Waals surface area (Å²) in [6, 6.07) is 22.4. The van der Waals surface area contributed by atoms with Gasteiger partial charge in [-0.3, -0.25) is 9.78 Å². The number of carbonyl (C=O) groups excluding carboxylic acids is 1. The van der Waals surface area contributed by atoms with Crippen molar-refractivity contribution in [3.8, 4) is 10.4 Å². The van der Waals surface area contributed by atoms with Gasteiger partial charge in [0, 0.05) is 53.6 Å². The molecule has 0 amide bonds. The highest BCUT2D eigenvalue weighted by molar-refractivity contribution is 7.13. The van der Waals surface area contributed by atoms with E-state index in [1.165, 1.54) is 5.56 Å². The van der Waals surface area contributed by atoms with Crippen LogP contribution in [0.3, 0.4) is 0 Å². The molecule has 160 valence electrons. The summed E-state index contributed by atoms with van der Waals surface area (Å²) in [6.07, 6.45) is 1.83. The van der Waals surface area contributed by atoms with Crippen molar-refractivity contribution >= 4 is 22.9 Å². The van der Waals surface area contributed by atoms with Crippen LogP contribution >= 0.6 is 11.3 Å². The number of aryl methyl sites for hydroxylation is 1. The number of nitrogens with one attached hydrogen (secondary N) is 1. The van der Waals surface area contributed by atoms with Crippen LogP contribution in [-0.2, 0) is 0 Å². The lowest BCUT2D eigenvalue weighted by atomic mass is 10.0. The summed E-state index contributed by atoms with van der Waals surface area (Å²) in [5, 5.41) is 5.61. The molecule has 0 radical (unpaired) electrons. The Hall–Kier alpha value is -3.35. The van der Waals surface area contributed by atoms with E-state index >= 15 is 0 Å². The van der Waals surface area contributed by atoms with E-state index in [0.29, 0.717) is 17.0 Å². The predicted octanol–water partition coefficient (Wildman–Crippen LogP) is 4.90. The first-order valence-corrected chi connectivity index (χ1v) is 11.6. The molecule has 1 aliphatic heterocycles. The first-order chi connectivity index (χ1) is 15.7. The molecule has 32 heavy (non-hydrogen) atoms. The molecule has 1 fully saturated rings. The highest BCUT2D eigenvalue weighted by atomic mass is 32.1. The average molecular weight is 441 g/mol. The van der Waals surface area contributed by atoms with Crippen molar-refractivity contribution in [2.75, 3.05) is 24.5 Å². The Bertz CT molecular complexity index is 1220. The van der Waals surface area contributed by atoms with Crippen LogP contribution in [0, 0.1) is 6.92 Å². The minimum absolute atomic E-state index is 0.0926. The number of ketones is 1. The van der Waals surface area contributed by atoms with Crippen molar-refractivity contribution in [2.24, 2.45) is 0 Å². The molecule has 1 N–H and O–H groups in total. The second-order valence-corrected chi connectivity index (χ2v) is 8.86. The molecule has 0 saturated carbocycles. The molecule has 6 heteroatoms. The van der Waals surface area contributed by atoms with Gasteiger partial charge in [-0.15, -0.1) is 11.3 Å². The number of aromatic nitrogens is 2. The molecule has 5 nitrogen and oxygen atoms in total. The average Bonchev–Trinajstić information content (AvgIpc) is 3.40. The van der Waals surface area contributed by atoms with Gasteiger partial charge in [-0.05, 0) is 42.1 Å². The molecular weight excluding hydrogens is 416 g/mol. The van der Waals surface area contributed by atoms with E-state index in [1.54, 1.807) is 17.4 Å². The van der Waals surface area contributed by atoms with Crippen molar-refractivity contribution in [1.82, 2.24) is 15.3 Å². The minimum Gasteiger partial charge on any atom is -0.353 e. The molecule has 0 spiro atoms. The molecular formula is C26H24N4OS. The second kappa shape index (κ2) is 9.02. The van der Waals surface area contributed by atoms with Crippen LogP contribution in [0.4, 0.5) is 5.82 Å². The Labute approximate surface area is 191 Å². The number of rotatable bonds is 5. The number of hydrogen-bond acceptors (Lipinski definition) is 6. The summed E-state index contributed by atoms with van der Waals surface area (Å²) >= 11 is 1.64. The number of pyridine rings is 2.